The fourth-order valence-corrected chi connectivity index (χ4v) is 3.24. The third-order valence-corrected chi connectivity index (χ3v) is 4.77. The van der Waals surface area contributed by atoms with Crippen molar-refractivity contribution in [2.45, 2.75) is 6.92 Å². The molecule has 0 aliphatic carbocycles. The van der Waals surface area contributed by atoms with Gasteiger partial charge in [-0.3, -0.25) is 9.11 Å². The van der Waals surface area contributed by atoms with Crippen LogP contribution >= 0.6 is 22.2 Å². The van der Waals surface area contributed by atoms with Crippen molar-refractivity contribution >= 4 is 34.0 Å². The topological polar surface area (TPSA) is 95.8 Å². The molecule has 1 aliphatic rings. The number of rotatable bonds is 3. The highest BCUT2D eigenvalue weighted by Gasteiger charge is 2.27. The molecular weight excluding hydrogens is 306 g/mol. The summed E-state index contributed by atoms with van der Waals surface area (Å²) in [5.74, 6) is 0.350. The largest absolute Gasteiger partial charge is 0.462 e. The van der Waals surface area contributed by atoms with E-state index in [9.17, 15) is 13.9 Å². The quantitative estimate of drug-likeness (QED) is 0.648. The fraction of sp³-hybridized carbons (Fsp3) is 0.545. The summed E-state index contributed by atoms with van der Waals surface area (Å²) in [4.78, 5) is 21.5. The minimum Gasteiger partial charge on any atom is -0.462 e. The maximum absolute atomic E-state index is 11.9. The molecule has 1 aromatic rings. The second kappa shape index (κ2) is 6.13. The van der Waals surface area contributed by atoms with Crippen LogP contribution < -0.4 is 4.90 Å². The van der Waals surface area contributed by atoms with Crippen LogP contribution in [0.5, 0.6) is 0 Å². The Hall–Kier alpha value is -1.09. The van der Waals surface area contributed by atoms with Gasteiger partial charge >= 0.3 is 5.97 Å². The van der Waals surface area contributed by atoms with E-state index in [-0.39, 0.29) is 29.0 Å². The van der Waals surface area contributed by atoms with Gasteiger partial charge in [-0.1, -0.05) is 0 Å². The lowest BCUT2D eigenvalue weighted by molar-refractivity contribution is 0.0526. The lowest BCUT2D eigenvalue weighted by atomic mass is 10.3. The van der Waals surface area contributed by atoms with Crippen LogP contribution in [0.4, 0.5) is 5.82 Å². The van der Waals surface area contributed by atoms with Gasteiger partial charge in [-0.15, -0.1) is 0 Å². The van der Waals surface area contributed by atoms with Gasteiger partial charge in [0.25, 0.3) is 0 Å². The third-order valence-electron chi connectivity index (χ3n) is 2.91. The molecule has 7 nitrogen and oxygen atoms in total. The van der Waals surface area contributed by atoms with Crippen LogP contribution in [0.3, 0.4) is 0 Å². The highest BCUT2D eigenvalue weighted by Crippen LogP contribution is 2.41. The molecule has 1 aromatic heterocycles. The second-order valence-electron chi connectivity index (χ2n) is 4.29. The lowest BCUT2D eigenvalue weighted by Crippen LogP contribution is -2.39. The minimum absolute atomic E-state index is 0.0326. The molecule has 20 heavy (non-hydrogen) atoms. The third kappa shape index (κ3) is 3.51. The molecule has 0 unspecified atom stereocenters. The number of halogens is 1. The second-order valence-corrected chi connectivity index (χ2v) is 7.05. The zero-order valence-electron chi connectivity index (χ0n) is 11.0. The van der Waals surface area contributed by atoms with E-state index in [1.165, 1.54) is 6.20 Å². The van der Waals surface area contributed by atoms with Crippen LogP contribution in [0.1, 0.15) is 17.3 Å². The molecule has 9 heteroatoms. The summed E-state index contributed by atoms with van der Waals surface area (Å²) in [7, 11) is -2.51. The Labute approximate surface area is 123 Å². The molecule has 2 heterocycles. The molecule has 0 bridgehead atoms. The zero-order valence-corrected chi connectivity index (χ0v) is 12.5. The van der Waals surface area contributed by atoms with E-state index in [0.717, 1.165) is 0 Å². The number of aromatic nitrogens is 2. The molecule has 0 atom stereocenters. The monoisotopic (exact) mass is 321 g/mol. The Morgan fingerprint density at radius 3 is 2.75 bits per heavy atom. The van der Waals surface area contributed by atoms with Crippen LogP contribution in [0.25, 0.3) is 0 Å². The molecule has 0 radical (unpaired) electrons. The van der Waals surface area contributed by atoms with E-state index in [1.54, 1.807) is 11.8 Å². The Morgan fingerprint density at radius 1 is 1.50 bits per heavy atom. The Morgan fingerprint density at radius 2 is 2.15 bits per heavy atom. The van der Waals surface area contributed by atoms with Crippen LogP contribution in [0.15, 0.2) is 6.20 Å². The molecular formula is C11H16ClN3O4S. The van der Waals surface area contributed by atoms with Crippen LogP contribution in [-0.2, 0) is 4.74 Å². The average molecular weight is 322 g/mol. The van der Waals surface area contributed by atoms with E-state index >= 15 is 0 Å². The van der Waals surface area contributed by atoms with Crippen molar-refractivity contribution < 1.29 is 18.6 Å². The number of carbonyl (C=O) groups excluding carboxylic acids is 1. The average Bonchev–Trinajstić information content (AvgIpc) is 2.38. The number of carbonyl (C=O) groups is 1. The van der Waals surface area contributed by atoms with Crippen molar-refractivity contribution in [2.24, 2.45) is 0 Å². The molecule has 1 saturated heterocycles. The summed E-state index contributed by atoms with van der Waals surface area (Å²) < 4.78 is 24.2. The van der Waals surface area contributed by atoms with Gasteiger partial charge in [0.2, 0.25) is 5.28 Å². The maximum atomic E-state index is 11.9. The highest BCUT2D eigenvalue weighted by molar-refractivity contribution is 8.24. The standard InChI is InChI=1S/C11H16ClN3O4S/c1-2-19-10(16)8-7-13-11(12)14-9(8)15-3-5-20(17,18)6-4-15/h7,17-18H,2-6H2,1H3. The number of ether oxygens (including phenoxy) is 1. The molecule has 0 amide bonds. The lowest BCUT2D eigenvalue weighted by Gasteiger charge is -2.41. The first-order chi connectivity index (χ1) is 9.43. The van der Waals surface area contributed by atoms with Gasteiger partial charge in [0, 0.05) is 19.3 Å². The summed E-state index contributed by atoms with van der Waals surface area (Å²) in [5, 5.41) is 0.0326. The number of anilines is 1. The molecule has 1 fully saturated rings. The number of hydrogen-bond donors (Lipinski definition) is 2. The van der Waals surface area contributed by atoms with Crippen molar-refractivity contribution in [3.8, 4) is 0 Å². The number of esters is 1. The van der Waals surface area contributed by atoms with Crippen molar-refractivity contribution in [3.63, 3.8) is 0 Å². The first-order valence-electron chi connectivity index (χ1n) is 6.11. The summed E-state index contributed by atoms with van der Waals surface area (Å²) in [6, 6.07) is 0. The molecule has 1 aliphatic heterocycles. The van der Waals surface area contributed by atoms with Crippen LogP contribution in [0, 0.1) is 0 Å². The van der Waals surface area contributed by atoms with Gasteiger partial charge in [0.05, 0.1) is 18.1 Å². The molecule has 2 N–H and O–H groups in total. The Bertz CT molecular complexity index is 504. The van der Waals surface area contributed by atoms with E-state index in [4.69, 9.17) is 16.3 Å². The normalized spacial score (nSPS) is 19.5. The van der Waals surface area contributed by atoms with E-state index < -0.39 is 16.6 Å². The summed E-state index contributed by atoms with van der Waals surface area (Å²) in [6.07, 6.45) is 1.33. The van der Waals surface area contributed by atoms with Gasteiger partial charge in [0.1, 0.15) is 11.4 Å². The van der Waals surface area contributed by atoms with Crippen molar-refractivity contribution in [1.82, 2.24) is 9.97 Å². The van der Waals surface area contributed by atoms with Gasteiger partial charge in [0.15, 0.2) is 0 Å². The first kappa shape index (κ1) is 15.3. The fourth-order valence-electron chi connectivity index (χ4n) is 1.88. The SMILES string of the molecule is CCOC(=O)c1cnc(Cl)nc1N1CCS(O)(O)CC1. The summed E-state index contributed by atoms with van der Waals surface area (Å²) in [5.41, 5.74) is 0.231. The zero-order chi connectivity index (χ0) is 14.8. The van der Waals surface area contributed by atoms with Crippen LogP contribution in [-0.4, -0.2) is 56.2 Å². The van der Waals surface area contributed by atoms with Gasteiger partial charge in [-0.2, -0.15) is 15.6 Å². The molecule has 112 valence electrons. The maximum Gasteiger partial charge on any atom is 0.343 e. The Kier molecular flexibility index (Phi) is 4.69. The van der Waals surface area contributed by atoms with Gasteiger partial charge in [-0.25, -0.2) is 9.78 Å². The summed E-state index contributed by atoms with van der Waals surface area (Å²) >= 11 is 5.78. The first-order valence-corrected chi connectivity index (χ1v) is 8.37. The summed E-state index contributed by atoms with van der Waals surface area (Å²) in [6.45, 7) is 2.75. The van der Waals surface area contributed by atoms with E-state index in [1.807, 2.05) is 0 Å². The van der Waals surface area contributed by atoms with Gasteiger partial charge in [-0.05, 0) is 18.5 Å². The van der Waals surface area contributed by atoms with E-state index in [2.05, 4.69) is 9.97 Å². The van der Waals surface area contributed by atoms with E-state index in [0.29, 0.717) is 18.9 Å². The smallest absolute Gasteiger partial charge is 0.343 e. The van der Waals surface area contributed by atoms with Crippen molar-refractivity contribution in [3.05, 3.63) is 17.0 Å². The highest BCUT2D eigenvalue weighted by atomic mass is 35.5. The molecule has 0 saturated carbocycles. The van der Waals surface area contributed by atoms with Gasteiger partial charge < -0.3 is 9.64 Å². The van der Waals surface area contributed by atoms with Crippen LogP contribution in [0.2, 0.25) is 5.28 Å². The number of hydrogen-bond acceptors (Lipinski definition) is 7. The predicted octanol–water partition coefficient (Wildman–Crippen LogP) is 1.88. The minimum atomic E-state index is -2.51. The van der Waals surface area contributed by atoms with Crippen molar-refractivity contribution in [2.75, 3.05) is 36.1 Å². The number of nitrogens with zero attached hydrogens (tertiary/aromatic N) is 3. The molecule has 2 rings (SSSR count). The molecule has 0 aromatic carbocycles. The Balaban J connectivity index is 2.26. The van der Waals surface area contributed by atoms with Crippen molar-refractivity contribution in [1.29, 1.82) is 0 Å². The molecule has 0 spiro atoms. The predicted molar refractivity (Wildman–Crippen MR) is 77.8 cm³/mol.